The highest BCUT2D eigenvalue weighted by Crippen LogP contribution is 2.14. The zero-order chi connectivity index (χ0) is 13.5. The van der Waals surface area contributed by atoms with Gasteiger partial charge in [0, 0.05) is 5.57 Å². The Labute approximate surface area is 105 Å². The van der Waals surface area contributed by atoms with Crippen molar-refractivity contribution >= 4 is 11.9 Å². The molecular weight excluding hydrogens is 234 g/mol. The van der Waals surface area contributed by atoms with E-state index in [-0.39, 0.29) is 24.5 Å². The number of nitrogens with one attached hydrogen (secondary N) is 1. The number of ether oxygens (including phenoxy) is 1. The Kier molecular flexibility index (Phi) is 4.92. The third-order valence-corrected chi connectivity index (χ3v) is 2.12. The third-order valence-electron chi connectivity index (χ3n) is 2.12. The van der Waals surface area contributed by atoms with E-state index in [2.05, 4.69) is 11.9 Å². The zero-order valence-corrected chi connectivity index (χ0v) is 10.1. The highest BCUT2D eigenvalue weighted by Gasteiger charge is 2.09. The number of hydrogen-bond acceptors (Lipinski definition) is 4. The molecule has 0 unspecified atom stereocenters. The first-order chi connectivity index (χ1) is 8.52. The number of aromatic hydroxyl groups is 1. The monoisotopic (exact) mass is 249 g/mol. The molecule has 0 radical (unpaired) electrons. The lowest BCUT2D eigenvalue weighted by Gasteiger charge is -2.07. The molecule has 0 saturated heterocycles. The van der Waals surface area contributed by atoms with Crippen molar-refractivity contribution in [2.75, 3.05) is 13.2 Å². The normalized spacial score (nSPS) is 9.61. The van der Waals surface area contributed by atoms with Crippen molar-refractivity contribution < 1.29 is 19.4 Å². The Bertz CT molecular complexity index is 468. The second kappa shape index (κ2) is 6.44. The number of amides is 1. The SMILES string of the molecule is C=C(C)C(=O)OCCNC(=O)c1ccccc1O. The van der Waals surface area contributed by atoms with Crippen LogP contribution < -0.4 is 5.32 Å². The second-order valence-electron chi connectivity index (χ2n) is 3.69. The molecule has 0 saturated carbocycles. The summed E-state index contributed by atoms with van der Waals surface area (Å²) in [5.41, 5.74) is 0.491. The van der Waals surface area contributed by atoms with Gasteiger partial charge >= 0.3 is 5.97 Å². The van der Waals surface area contributed by atoms with Crippen LogP contribution in [-0.2, 0) is 9.53 Å². The predicted octanol–water partition coefficient (Wildman–Crippen LogP) is 1.24. The quantitative estimate of drug-likeness (QED) is 0.467. The number of esters is 1. The molecule has 1 amide bonds. The van der Waals surface area contributed by atoms with E-state index in [1.807, 2.05) is 0 Å². The average Bonchev–Trinajstić information content (AvgIpc) is 2.34. The van der Waals surface area contributed by atoms with Crippen LogP contribution in [0.4, 0.5) is 0 Å². The van der Waals surface area contributed by atoms with Crippen LogP contribution >= 0.6 is 0 Å². The van der Waals surface area contributed by atoms with Crippen LogP contribution in [0.3, 0.4) is 0 Å². The van der Waals surface area contributed by atoms with Gasteiger partial charge in [0.2, 0.25) is 0 Å². The maximum Gasteiger partial charge on any atom is 0.333 e. The van der Waals surface area contributed by atoms with Crippen molar-refractivity contribution in [2.45, 2.75) is 6.92 Å². The summed E-state index contributed by atoms with van der Waals surface area (Å²) < 4.78 is 4.80. The Hall–Kier alpha value is -2.30. The lowest BCUT2D eigenvalue weighted by atomic mass is 10.2. The van der Waals surface area contributed by atoms with E-state index in [1.54, 1.807) is 19.1 Å². The molecule has 0 fully saturated rings. The molecule has 0 spiro atoms. The van der Waals surface area contributed by atoms with E-state index in [1.165, 1.54) is 12.1 Å². The van der Waals surface area contributed by atoms with Gasteiger partial charge in [0.1, 0.15) is 12.4 Å². The van der Waals surface area contributed by atoms with Gasteiger partial charge in [0.25, 0.3) is 5.91 Å². The van der Waals surface area contributed by atoms with E-state index < -0.39 is 11.9 Å². The lowest BCUT2D eigenvalue weighted by molar-refractivity contribution is -0.138. The van der Waals surface area contributed by atoms with Crippen LogP contribution in [0.5, 0.6) is 5.75 Å². The molecular formula is C13H15NO4. The van der Waals surface area contributed by atoms with Crippen molar-refractivity contribution in [1.82, 2.24) is 5.32 Å². The van der Waals surface area contributed by atoms with E-state index >= 15 is 0 Å². The Morgan fingerprint density at radius 2 is 2.06 bits per heavy atom. The van der Waals surface area contributed by atoms with Crippen LogP contribution in [0.25, 0.3) is 0 Å². The molecule has 5 heteroatoms. The highest BCUT2D eigenvalue weighted by molar-refractivity contribution is 5.96. The molecule has 1 rings (SSSR count). The molecule has 0 atom stereocenters. The minimum absolute atomic E-state index is 0.0605. The number of carbonyl (C=O) groups excluding carboxylic acids is 2. The molecule has 1 aromatic carbocycles. The van der Waals surface area contributed by atoms with Crippen LogP contribution in [0.2, 0.25) is 0 Å². The number of phenolic OH excluding ortho intramolecular Hbond substituents is 1. The van der Waals surface area contributed by atoms with Gasteiger partial charge in [-0.25, -0.2) is 4.79 Å². The first kappa shape index (κ1) is 13.8. The summed E-state index contributed by atoms with van der Waals surface area (Å²) in [6.07, 6.45) is 0. The smallest absolute Gasteiger partial charge is 0.333 e. The van der Waals surface area contributed by atoms with E-state index in [0.29, 0.717) is 5.57 Å². The van der Waals surface area contributed by atoms with Crippen molar-refractivity contribution in [3.8, 4) is 5.75 Å². The summed E-state index contributed by atoms with van der Waals surface area (Å²) in [6, 6.07) is 6.21. The molecule has 0 aromatic heterocycles. The van der Waals surface area contributed by atoms with E-state index in [9.17, 15) is 14.7 Å². The lowest BCUT2D eigenvalue weighted by Crippen LogP contribution is -2.28. The van der Waals surface area contributed by atoms with Crippen LogP contribution in [0, 0.1) is 0 Å². The standard InChI is InChI=1S/C13H15NO4/c1-9(2)13(17)18-8-7-14-12(16)10-5-3-4-6-11(10)15/h3-6,15H,1,7-8H2,2H3,(H,14,16). The number of hydrogen-bond donors (Lipinski definition) is 2. The Morgan fingerprint density at radius 3 is 2.67 bits per heavy atom. The molecule has 96 valence electrons. The van der Waals surface area contributed by atoms with Crippen LogP contribution in [0.1, 0.15) is 17.3 Å². The molecule has 0 aliphatic carbocycles. The minimum Gasteiger partial charge on any atom is -0.507 e. The topological polar surface area (TPSA) is 75.6 Å². The van der Waals surface area contributed by atoms with E-state index in [0.717, 1.165) is 0 Å². The van der Waals surface area contributed by atoms with Crippen LogP contribution in [-0.4, -0.2) is 30.1 Å². The molecule has 1 aromatic rings. The number of carbonyl (C=O) groups is 2. The van der Waals surface area contributed by atoms with Gasteiger partial charge in [-0.2, -0.15) is 0 Å². The molecule has 18 heavy (non-hydrogen) atoms. The van der Waals surface area contributed by atoms with Gasteiger partial charge in [-0.05, 0) is 19.1 Å². The summed E-state index contributed by atoms with van der Waals surface area (Å²) in [4.78, 5) is 22.7. The summed E-state index contributed by atoms with van der Waals surface area (Å²) in [7, 11) is 0. The van der Waals surface area contributed by atoms with Gasteiger partial charge in [-0.3, -0.25) is 4.79 Å². The third kappa shape index (κ3) is 3.93. The minimum atomic E-state index is -0.494. The zero-order valence-electron chi connectivity index (χ0n) is 10.1. The highest BCUT2D eigenvalue weighted by atomic mass is 16.5. The second-order valence-corrected chi connectivity index (χ2v) is 3.69. The molecule has 0 aliphatic heterocycles. The van der Waals surface area contributed by atoms with Gasteiger partial charge < -0.3 is 15.2 Å². The predicted molar refractivity (Wildman–Crippen MR) is 66.2 cm³/mol. The number of para-hydroxylation sites is 1. The van der Waals surface area contributed by atoms with Gasteiger partial charge in [0.15, 0.2) is 0 Å². The maximum absolute atomic E-state index is 11.6. The number of rotatable bonds is 5. The van der Waals surface area contributed by atoms with Crippen molar-refractivity contribution in [1.29, 1.82) is 0 Å². The molecule has 5 nitrogen and oxygen atoms in total. The van der Waals surface area contributed by atoms with Gasteiger partial charge in [-0.1, -0.05) is 18.7 Å². The Balaban J connectivity index is 2.37. The van der Waals surface area contributed by atoms with Crippen molar-refractivity contribution in [3.05, 3.63) is 42.0 Å². The molecule has 0 aliphatic rings. The fourth-order valence-electron chi connectivity index (χ4n) is 1.19. The summed E-state index contributed by atoms with van der Waals surface area (Å²) in [5, 5.41) is 12.0. The molecule has 0 bridgehead atoms. The molecule has 2 N–H and O–H groups in total. The first-order valence-electron chi connectivity index (χ1n) is 5.41. The first-order valence-corrected chi connectivity index (χ1v) is 5.41. The van der Waals surface area contributed by atoms with Crippen LogP contribution in [0.15, 0.2) is 36.4 Å². The Morgan fingerprint density at radius 1 is 1.39 bits per heavy atom. The number of phenols is 1. The summed E-state index contributed by atoms with van der Waals surface area (Å²) >= 11 is 0. The summed E-state index contributed by atoms with van der Waals surface area (Å²) in [5.74, 6) is -1.000. The summed E-state index contributed by atoms with van der Waals surface area (Å²) in [6.45, 7) is 5.21. The maximum atomic E-state index is 11.6. The van der Waals surface area contributed by atoms with Crippen molar-refractivity contribution in [3.63, 3.8) is 0 Å². The van der Waals surface area contributed by atoms with Gasteiger partial charge in [-0.15, -0.1) is 0 Å². The largest absolute Gasteiger partial charge is 0.507 e. The van der Waals surface area contributed by atoms with Gasteiger partial charge in [0.05, 0.1) is 12.1 Å². The average molecular weight is 249 g/mol. The molecule has 0 heterocycles. The van der Waals surface area contributed by atoms with Crippen molar-refractivity contribution in [2.24, 2.45) is 0 Å². The van der Waals surface area contributed by atoms with E-state index in [4.69, 9.17) is 4.74 Å². The fraction of sp³-hybridized carbons (Fsp3) is 0.231. The fourth-order valence-corrected chi connectivity index (χ4v) is 1.19. The number of benzene rings is 1.